The summed E-state index contributed by atoms with van der Waals surface area (Å²) in [4.78, 5) is 38.8. The molecule has 29 heavy (non-hydrogen) atoms. The van der Waals surface area contributed by atoms with Crippen molar-refractivity contribution in [3.63, 3.8) is 0 Å². The molecule has 0 bridgehead atoms. The van der Waals surface area contributed by atoms with Crippen molar-refractivity contribution in [2.75, 3.05) is 11.1 Å². The highest BCUT2D eigenvalue weighted by atomic mass is 32.2. The van der Waals surface area contributed by atoms with Crippen molar-refractivity contribution in [2.24, 2.45) is 0 Å². The predicted octanol–water partition coefficient (Wildman–Crippen LogP) is 2.44. The number of rotatable bonds is 5. The van der Waals surface area contributed by atoms with Gasteiger partial charge in [-0.2, -0.15) is 0 Å². The van der Waals surface area contributed by atoms with E-state index in [-0.39, 0.29) is 11.7 Å². The fourth-order valence-electron chi connectivity index (χ4n) is 3.78. The molecule has 2 fully saturated rings. The van der Waals surface area contributed by atoms with Crippen LogP contribution in [0, 0.1) is 6.92 Å². The summed E-state index contributed by atoms with van der Waals surface area (Å²) in [5, 5.41) is 6.23. The van der Waals surface area contributed by atoms with E-state index in [1.807, 2.05) is 30.3 Å². The number of carbonyl (C=O) groups is 3. The summed E-state index contributed by atoms with van der Waals surface area (Å²) in [6.45, 7) is 3.19. The van der Waals surface area contributed by atoms with Gasteiger partial charge in [-0.05, 0) is 25.8 Å². The molecule has 3 atom stereocenters. The number of nitrogens with zero attached hydrogens (tertiary/aromatic N) is 2. The van der Waals surface area contributed by atoms with Crippen molar-refractivity contribution in [1.29, 1.82) is 0 Å². The van der Waals surface area contributed by atoms with E-state index in [2.05, 4.69) is 10.5 Å². The Kier molecular flexibility index (Phi) is 5.08. The number of fused-ring (bicyclic) bond motifs is 1. The Hall–Kier alpha value is -2.81. The monoisotopic (exact) mass is 415 g/mol. The number of amides is 2. The van der Waals surface area contributed by atoms with Gasteiger partial charge in [0.25, 0.3) is 5.91 Å². The van der Waals surface area contributed by atoms with Crippen molar-refractivity contribution in [3.8, 4) is 0 Å². The third-order valence-electron chi connectivity index (χ3n) is 5.17. The highest BCUT2D eigenvalue weighted by Gasteiger charge is 2.57. The van der Waals surface area contributed by atoms with E-state index in [0.717, 1.165) is 5.56 Å². The molecule has 0 saturated carbocycles. The highest BCUT2D eigenvalue weighted by Crippen LogP contribution is 2.54. The lowest BCUT2D eigenvalue weighted by atomic mass is 10.0. The molecule has 1 N–H and O–H groups in total. The summed E-state index contributed by atoms with van der Waals surface area (Å²) in [6.07, 6.45) is -0.00654. The van der Waals surface area contributed by atoms with E-state index in [1.54, 1.807) is 29.7 Å². The Morgan fingerprint density at radius 3 is 2.83 bits per heavy atom. The number of aromatic nitrogens is 1. The summed E-state index contributed by atoms with van der Waals surface area (Å²) in [6, 6.07) is 10.6. The number of thioether (sulfide) groups is 1. The molecule has 2 aliphatic rings. The van der Waals surface area contributed by atoms with Crippen LogP contribution in [0.3, 0.4) is 0 Å². The number of carbonyl (C=O) groups excluding carboxylic acids is 3. The Morgan fingerprint density at radius 1 is 1.38 bits per heavy atom. The van der Waals surface area contributed by atoms with Gasteiger partial charge in [0.1, 0.15) is 16.7 Å². The van der Waals surface area contributed by atoms with Crippen LogP contribution in [0.1, 0.15) is 31.1 Å². The van der Waals surface area contributed by atoms with Crippen LogP contribution >= 0.6 is 11.8 Å². The first-order valence-electron chi connectivity index (χ1n) is 9.37. The van der Waals surface area contributed by atoms with Crippen molar-refractivity contribution in [3.05, 3.63) is 47.7 Å². The molecule has 0 radical (unpaired) electrons. The molecule has 2 aliphatic heterocycles. The molecule has 4 rings (SSSR count). The highest BCUT2D eigenvalue weighted by molar-refractivity contribution is 8.00. The first-order valence-corrected chi connectivity index (χ1v) is 10.4. The van der Waals surface area contributed by atoms with Crippen LogP contribution < -0.4 is 5.32 Å². The third-order valence-corrected chi connectivity index (χ3v) is 6.76. The Morgan fingerprint density at radius 2 is 2.14 bits per heavy atom. The molecule has 152 valence electrons. The maximum atomic E-state index is 12.8. The second-order valence-corrected chi connectivity index (χ2v) is 8.43. The molecule has 9 heteroatoms. The van der Waals surface area contributed by atoms with E-state index >= 15 is 0 Å². The SMILES string of the molecule is Cc1cc(NC(=O)[C@@H](C)OC(=O)[C@H]2CS[C@@]3(c4ccccc4)CCC(=O)N23)no1. The summed E-state index contributed by atoms with van der Waals surface area (Å²) in [5.41, 5.74) is 0.998. The number of hydrogen-bond acceptors (Lipinski definition) is 7. The molecule has 2 amide bonds. The second kappa shape index (κ2) is 7.55. The van der Waals surface area contributed by atoms with Crippen LogP contribution in [0.2, 0.25) is 0 Å². The first kappa shape index (κ1) is 19.5. The van der Waals surface area contributed by atoms with Gasteiger partial charge in [0, 0.05) is 18.2 Å². The zero-order chi connectivity index (χ0) is 20.6. The average Bonchev–Trinajstić information content (AvgIpc) is 3.39. The van der Waals surface area contributed by atoms with E-state index in [1.165, 1.54) is 6.92 Å². The number of aryl methyl sites for hydroxylation is 1. The maximum Gasteiger partial charge on any atom is 0.330 e. The van der Waals surface area contributed by atoms with Crippen molar-refractivity contribution < 1.29 is 23.6 Å². The molecule has 3 heterocycles. The summed E-state index contributed by atoms with van der Waals surface area (Å²) >= 11 is 1.58. The second-order valence-electron chi connectivity index (χ2n) is 7.13. The van der Waals surface area contributed by atoms with Gasteiger partial charge >= 0.3 is 5.97 Å². The fourth-order valence-corrected chi connectivity index (χ4v) is 5.41. The molecule has 1 aromatic carbocycles. The van der Waals surface area contributed by atoms with Crippen LogP contribution in [0.15, 0.2) is 40.9 Å². The fraction of sp³-hybridized carbons (Fsp3) is 0.400. The molecule has 1 aromatic heterocycles. The summed E-state index contributed by atoms with van der Waals surface area (Å²) < 4.78 is 10.3. The number of nitrogens with one attached hydrogen (secondary N) is 1. The molecule has 0 aliphatic carbocycles. The van der Waals surface area contributed by atoms with Crippen LogP contribution in [-0.2, 0) is 24.0 Å². The largest absolute Gasteiger partial charge is 0.451 e. The van der Waals surface area contributed by atoms with Crippen LogP contribution in [0.25, 0.3) is 0 Å². The van der Waals surface area contributed by atoms with Crippen molar-refractivity contribution >= 4 is 35.4 Å². The van der Waals surface area contributed by atoms with Crippen LogP contribution in [-0.4, -0.2) is 45.7 Å². The molecule has 2 aromatic rings. The van der Waals surface area contributed by atoms with Gasteiger partial charge in [-0.15, -0.1) is 11.8 Å². The average molecular weight is 415 g/mol. The van der Waals surface area contributed by atoms with Crippen molar-refractivity contribution in [2.45, 2.75) is 43.7 Å². The van der Waals surface area contributed by atoms with Gasteiger partial charge in [-0.1, -0.05) is 35.5 Å². The number of esters is 1. The van der Waals surface area contributed by atoms with Crippen LogP contribution in [0.5, 0.6) is 0 Å². The van der Waals surface area contributed by atoms with Gasteiger partial charge < -0.3 is 19.5 Å². The zero-order valence-electron chi connectivity index (χ0n) is 16.1. The van der Waals surface area contributed by atoms with E-state index in [9.17, 15) is 14.4 Å². The van der Waals surface area contributed by atoms with Crippen LogP contribution in [0.4, 0.5) is 5.82 Å². The van der Waals surface area contributed by atoms with Crippen molar-refractivity contribution in [1.82, 2.24) is 10.1 Å². The molecular weight excluding hydrogens is 394 g/mol. The van der Waals surface area contributed by atoms with E-state index in [4.69, 9.17) is 9.26 Å². The molecule has 0 unspecified atom stereocenters. The minimum atomic E-state index is -1.03. The number of anilines is 1. The molecular formula is C20H21N3O5S. The third kappa shape index (κ3) is 3.50. The lowest BCUT2D eigenvalue weighted by Gasteiger charge is -2.33. The molecule has 8 nitrogen and oxygen atoms in total. The lowest BCUT2D eigenvalue weighted by Crippen LogP contribution is -2.48. The number of ether oxygens (including phenoxy) is 1. The zero-order valence-corrected chi connectivity index (χ0v) is 16.9. The quantitative estimate of drug-likeness (QED) is 0.749. The number of hydrogen-bond donors (Lipinski definition) is 1. The van der Waals surface area contributed by atoms with E-state index < -0.39 is 28.9 Å². The van der Waals surface area contributed by atoms with Gasteiger partial charge in [0.05, 0.1) is 0 Å². The summed E-state index contributed by atoms with van der Waals surface area (Å²) in [7, 11) is 0. The van der Waals surface area contributed by atoms with Gasteiger partial charge in [0.15, 0.2) is 11.9 Å². The maximum absolute atomic E-state index is 12.8. The smallest absolute Gasteiger partial charge is 0.330 e. The normalized spacial score (nSPS) is 24.3. The molecule has 0 spiro atoms. The van der Waals surface area contributed by atoms with E-state index in [0.29, 0.717) is 24.4 Å². The number of benzene rings is 1. The summed E-state index contributed by atoms with van der Waals surface area (Å²) in [5.74, 6) is 0.0678. The Bertz CT molecular complexity index is 947. The lowest BCUT2D eigenvalue weighted by molar-refractivity contribution is -0.160. The van der Waals surface area contributed by atoms with Gasteiger partial charge in [-0.3, -0.25) is 9.59 Å². The predicted molar refractivity (Wildman–Crippen MR) is 106 cm³/mol. The Balaban J connectivity index is 1.46. The Labute approximate surface area is 171 Å². The minimum absolute atomic E-state index is 0.0732. The molecule has 2 saturated heterocycles. The van der Waals surface area contributed by atoms with Gasteiger partial charge in [0.2, 0.25) is 5.91 Å². The standard InChI is InChI=1S/C20H21N3O5S/c1-12-10-16(22-28-12)21-18(25)13(2)27-19(26)15-11-29-20(9-8-17(24)23(15)20)14-6-4-3-5-7-14/h3-7,10,13,15H,8-9,11H2,1-2H3,(H,21,22,25)/t13-,15-,20-/m1/s1. The van der Waals surface area contributed by atoms with Gasteiger partial charge in [-0.25, -0.2) is 4.79 Å². The first-order chi connectivity index (χ1) is 13.9. The topological polar surface area (TPSA) is 102 Å². The minimum Gasteiger partial charge on any atom is -0.451 e.